The van der Waals surface area contributed by atoms with E-state index in [4.69, 9.17) is 0 Å². The van der Waals surface area contributed by atoms with E-state index in [0.717, 1.165) is 0 Å². The minimum absolute atomic E-state index is 1.23. The second kappa shape index (κ2) is 8.52. The largest absolute Gasteiger partial charge is 0.0622 e. The molecule has 0 unspecified atom stereocenters. The maximum absolute atomic E-state index is 2.42. The van der Waals surface area contributed by atoms with Crippen LogP contribution in [0.2, 0.25) is 0 Å². The van der Waals surface area contributed by atoms with Crippen LogP contribution in [-0.4, -0.2) is 0 Å². The molecule has 0 bridgehead atoms. The molecule has 7 aromatic carbocycles. The molecule has 0 amide bonds. The Morgan fingerprint density at radius 1 is 0.278 bits per heavy atom. The van der Waals surface area contributed by atoms with Crippen LogP contribution in [0.3, 0.4) is 0 Å². The summed E-state index contributed by atoms with van der Waals surface area (Å²) in [4.78, 5) is 0. The maximum atomic E-state index is 2.42. The SMILES string of the molecule is c1ccc(-c2cc3c4ccccc4c4ccccc4c3c(-c3ccccc3)c2-c2ccccc2)cc1. The molecule has 0 aliphatic heterocycles. The van der Waals surface area contributed by atoms with Crippen LogP contribution in [0.25, 0.3) is 65.7 Å². The van der Waals surface area contributed by atoms with Gasteiger partial charge in [-0.15, -0.1) is 0 Å². The summed E-state index contributed by atoms with van der Waals surface area (Å²) in [6.07, 6.45) is 0. The van der Waals surface area contributed by atoms with Gasteiger partial charge in [0.15, 0.2) is 0 Å². The minimum Gasteiger partial charge on any atom is -0.0622 e. The minimum atomic E-state index is 1.23. The van der Waals surface area contributed by atoms with Crippen molar-refractivity contribution < 1.29 is 0 Å². The highest BCUT2D eigenvalue weighted by Crippen LogP contribution is 2.48. The van der Waals surface area contributed by atoms with Gasteiger partial charge in [-0.1, -0.05) is 140 Å². The van der Waals surface area contributed by atoms with Crippen LogP contribution < -0.4 is 0 Å². The monoisotopic (exact) mass is 456 g/mol. The van der Waals surface area contributed by atoms with Crippen LogP contribution in [0.5, 0.6) is 0 Å². The fourth-order valence-electron chi connectivity index (χ4n) is 5.71. The normalized spacial score (nSPS) is 11.3. The molecule has 0 saturated carbocycles. The van der Waals surface area contributed by atoms with Gasteiger partial charge in [0.25, 0.3) is 0 Å². The Bertz CT molecular complexity index is 1850. The van der Waals surface area contributed by atoms with Gasteiger partial charge in [-0.3, -0.25) is 0 Å². The summed E-state index contributed by atoms with van der Waals surface area (Å²) >= 11 is 0. The van der Waals surface area contributed by atoms with Crippen LogP contribution in [0, 0.1) is 0 Å². The van der Waals surface area contributed by atoms with Gasteiger partial charge in [0.1, 0.15) is 0 Å². The Labute approximate surface area is 211 Å². The van der Waals surface area contributed by atoms with Gasteiger partial charge in [0.05, 0.1) is 0 Å². The number of hydrogen-bond acceptors (Lipinski definition) is 0. The number of rotatable bonds is 3. The first kappa shape index (κ1) is 20.7. The smallest absolute Gasteiger partial charge is 0.00137 e. The Kier molecular flexibility index (Phi) is 4.89. The van der Waals surface area contributed by atoms with E-state index in [1.807, 2.05) is 0 Å². The van der Waals surface area contributed by atoms with Crippen molar-refractivity contribution >= 4 is 32.3 Å². The quantitative estimate of drug-likeness (QED) is 0.232. The second-order valence-electron chi connectivity index (χ2n) is 9.29. The predicted molar refractivity (Wildman–Crippen MR) is 155 cm³/mol. The molecule has 36 heavy (non-hydrogen) atoms. The summed E-state index contributed by atoms with van der Waals surface area (Å²) in [5.41, 5.74) is 7.52. The molecule has 0 aliphatic rings. The highest BCUT2D eigenvalue weighted by Gasteiger charge is 2.21. The molecule has 0 fully saturated rings. The van der Waals surface area contributed by atoms with E-state index >= 15 is 0 Å². The lowest BCUT2D eigenvalue weighted by Gasteiger charge is -2.22. The fraction of sp³-hybridized carbons (Fsp3) is 0. The Morgan fingerprint density at radius 3 is 1.22 bits per heavy atom. The molecule has 0 heterocycles. The number of fused-ring (bicyclic) bond motifs is 6. The van der Waals surface area contributed by atoms with E-state index in [1.165, 1.54) is 65.7 Å². The summed E-state index contributed by atoms with van der Waals surface area (Å²) in [7, 11) is 0. The van der Waals surface area contributed by atoms with Crippen molar-refractivity contribution in [2.75, 3.05) is 0 Å². The predicted octanol–water partition coefficient (Wildman–Crippen LogP) is 10.1. The van der Waals surface area contributed by atoms with Gasteiger partial charge in [-0.25, -0.2) is 0 Å². The van der Waals surface area contributed by atoms with Crippen LogP contribution in [0.1, 0.15) is 0 Å². The third-order valence-corrected chi connectivity index (χ3v) is 7.24. The van der Waals surface area contributed by atoms with Crippen LogP contribution in [-0.2, 0) is 0 Å². The molecule has 0 nitrogen and oxygen atoms in total. The third kappa shape index (κ3) is 3.23. The van der Waals surface area contributed by atoms with Gasteiger partial charge < -0.3 is 0 Å². The van der Waals surface area contributed by atoms with Crippen molar-refractivity contribution in [2.45, 2.75) is 0 Å². The molecule has 0 N–H and O–H groups in total. The average molecular weight is 457 g/mol. The molecule has 0 aliphatic carbocycles. The summed E-state index contributed by atoms with van der Waals surface area (Å²) in [5, 5.41) is 7.79. The second-order valence-corrected chi connectivity index (χ2v) is 9.29. The first-order valence-corrected chi connectivity index (χ1v) is 12.5. The highest BCUT2D eigenvalue weighted by molar-refractivity contribution is 6.31. The van der Waals surface area contributed by atoms with E-state index in [0.29, 0.717) is 0 Å². The van der Waals surface area contributed by atoms with Gasteiger partial charge in [-0.05, 0) is 71.8 Å². The van der Waals surface area contributed by atoms with E-state index < -0.39 is 0 Å². The highest BCUT2D eigenvalue weighted by atomic mass is 14.2. The van der Waals surface area contributed by atoms with Gasteiger partial charge in [0.2, 0.25) is 0 Å². The fourth-order valence-corrected chi connectivity index (χ4v) is 5.71. The molecule has 0 aromatic heterocycles. The van der Waals surface area contributed by atoms with Gasteiger partial charge >= 0.3 is 0 Å². The molecule has 0 heteroatoms. The maximum Gasteiger partial charge on any atom is -0.00137 e. The van der Waals surface area contributed by atoms with Crippen molar-refractivity contribution in [3.63, 3.8) is 0 Å². The summed E-state index contributed by atoms with van der Waals surface area (Å²) in [6, 6.07) is 52.7. The number of hydrogen-bond donors (Lipinski definition) is 0. The van der Waals surface area contributed by atoms with E-state index in [1.54, 1.807) is 0 Å². The lowest BCUT2D eigenvalue weighted by molar-refractivity contribution is 1.59. The first-order valence-electron chi connectivity index (χ1n) is 12.5. The summed E-state index contributed by atoms with van der Waals surface area (Å²) in [6.45, 7) is 0. The lowest BCUT2D eigenvalue weighted by atomic mass is 9.81. The van der Waals surface area contributed by atoms with Crippen LogP contribution in [0.15, 0.2) is 146 Å². The zero-order valence-electron chi connectivity index (χ0n) is 19.9. The van der Waals surface area contributed by atoms with Crippen molar-refractivity contribution in [3.8, 4) is 33.4 Å². The molecule has 0 spiro atoms. The van der Waals surface area contributed by atoms with Crippen molar-refractivity contribution in [2.24, 2.45) is 0 Å². The number of benzene rings is 7. The third-order valence-electron chi connectivity index (χ3n) is 7.24. The Morgan fingerprint density at radius 2 is 0.667 bits per heavy atom. The standard InChI is InChI=1S/C36H24/c1-4-14-25(15-5-1)32-24-33-30-22-11-10-20-28(30)29-21-12-13-23-31(29)36(33)35(27-18-8-3-9-19-27)34(32)26-16-6-2-7-17-26/h1-24H. The molecule has 0 saturated heterocycles. The van der Waals surface area contributed by atoms with Crippen LogP contribution >= 0.6 is 0 Å². The van der Waals surface area contributed by atoms with E-state index in [-0.39, 0.29) is 0 Å². The zero-order chi connectivity index (χ0) is 23.9. The van der Waals surface area contributed by atoms with Crippen molar-refractivity contribution in [1.29, 1.82) is 0 Å². The van der Waals surface area contributed by atoms with Gasteiger partial charge in [-0.2, -0.15) is 0 Å². The Balaban J connectivity index is 1.81. The van der Waals surface area contributed by atoms with E-state index in [9.17, 15) is 0 Å². The molecule has 0 radical (unpaired) electrons. The van der Waals surface area contributed by atoms with Gasteiger partial charge in [0, 0.05) is 0 Å². The first-order chi connectivity index (χ1) is 17.9. The molecule has 7 rings (SSSR count). The van der Waals surface area contributed by atoms with Crippen molar-refractivity contribution in [3.05, 3.63) is 146 Å². The molecule has 168 valence electrons. The van der Waals surface area contributed by atoms with Crippen LogP contribution in [0.4, 0.5) is 0 Å². The molecular weight excluding hydrogens is 432 g/mol. The molecule has 0 atom stereocenters. The summed E-state index contributed by atoms with van der Waals surface area (Å²) in [5.74, 6) is 0. The lowest BCUT2D eigenvalue weighted by Crippen LogP contribution is -1.95. The zero-order valence-corrected chi connectivity index (χ0v) is 19.9. The summed E-state index contributed by atoms with van der Waals surface area (Å²) < 4.78 is 0. The topological polar surface area (TPSA) is 0 Å². The van der Waals surface area contributed by atoms with Crippen molar-refractivity contribution in [1.82, 2.24) is 0 Å². The average Bonchev–Trinajstić information content (AvgIpc) is 2.97. The molecular formula is C36H24. The molecule has 7 aromatic rings. The van der Waals surface area contributed by atoms with E-state index in [2.05, 4.69) is 146 Å². The Hall–Kier alpha value is -4.68.